The Bertz CT molecular complexity index is 1130. The summed E-state index contributed by atoms with van der Waals surface area (Å²) in [6, 6.07) is 8.16. The summed E-state index contributed by atoms with van der Waals surface area (Å²) in [5.74, 6) is 0.387. The number of aryl methyl sites for hydroxylation is 2. The molecule has 2 heterocycles. The van der Waals surface area contributed by atoms with Gasteiger partial charge in [-0.25, -0.2) is 9.50 Å². The number of hydrogen-bond acceptors (Lipinski definition) is 5. The summed E-state index contributed by atoms with van der Waals surface area (Å²) in [4.78, 5) is 31.2. The number of methoxy groups -OCH3 is 1. The summed E-state index contributed by atoms with van der Waals surface area (Å²) in [5.41, 5.74) is 9.89. The maximum atomic E-state index is 13.1. The molecule has 1 aliphatic rings. The van der Waals surface area contributed by atoms with Gasteiger partial charge in [-0.15, -0.1) is 0 Å². The normalized spacial score (nSPS) is 13.4. The Morgan fingerprint density at radius 3 is 2.55 bits per heavy atom. The molecule has 8 heteroatoms. The maximum Gasteiger partial charge on any atom is 0.254 e. The molecule has 0 radical (unpaired) electrons. The number of rotatable bonds is 8. The van der Waals surface area contributed by atoms with Gasteiger partial charge in [-0.3, -0.25) is 9.59 Å². The van der Waals surface area contributed by atoms with Gasteiger partial charge in [0.25, 0.3) is 5.91 Å². The molecule has 0 spiro atoms. The summed E-state index contributed by atoms with van der Waals surface area (Å²) < 4.78 is 6.85. The summed E-state index contributed by atoms with van der Waals surface area (Å²) in [7, 11) is 1.64. The number of primary amides is 1. The second kappa shape index (κ2) is 8.37. The van der Waals surface area contributed by atoms with E-state index < -0.39 is 5.91 Å². The quantitative estimate of drug-likeness (QED) is 0.602. The van der Waals surface area contributed by atoms with Gasteiger partial charge in [-0.1, -0.05) is 12.1 Å². The largest absolute Gasteiger partial charge is 0.497 e. The molecule has 1 fully saturated rings. The van der Waals surface area contributed by atoms with Crippen LogP contribution in [0.5, 0.6) is 5.75 Å². The number of ether oxygens (including phenoxy) is 1. The summed E-state index contributed by atoms with van der Waals surface area (Å²) in [6.45, 7) is 4.42. The molecule has 1 aromatic carbocycles. The standard InChI is InChI=1S/C23H27N5O3/c1-14-19(15(2)28-23(26-14)20(12-25-28)22(24)30)10-11-21(29)27(17-6-7-17)13-16-4-8-18(31-3)9-5-16/h4-5,8-9,12,17H,6-7,10-11,13H2,1-3H3,(H2,24,30). The zero-order chi connectivity index (χ0) is 22.1. The monoisotopic (exact) mass is 421 g/mol. The Hall–Kier alpha value is -3.42. The average Bonchev–Trinajstić information content (AvgIpc) is 3.50. The number of carbonyl (C=O) groups excluding carboxylic acids is 2. The molecule has 1 aliphatic carbocycles. The van der Waals surface area contributed by atoms with Crippen molar-refractivity contribution in [3.63, 3.8) is 0 Å². The fraction of sp³-hybridized carbons (Fsp3) is 0.391. The van der Waals surface area contributed by atoms with Crippen molar-refractivity contribution in [3.05, 3.63) is 58.5 Å². The Balaban J connectivity index is 1.50. The molecule has 1 saturated carbocycles. The van der Waals surface area contributed by atoms with E-state index in [1.165, 1.54) is 6.20 Å². The van der Waals surface area contributed by atoms with E-state index in [1.54, 1.807) is 11.6 Å². The molecular weight excluding hydrogens is 394 g/mol. The highest BCUT2D eigenvalue weighted by atomic mass is 16.5. The predicted molar refractivity (Wildman–Crippen MR) is 116 cm³/mol. The van der Waals surface area contributed by atoms with Gasteiger partial charge in [0.1, 0.15) is 11.3 Å². The van der Waals surface area contributed by atoms with Crippen molar-refractivity contribution in [2.24, 2.45) is 5.73 Å². The molecule has 3 aromatic rings. The van der Waals surface area contributed by atoms with E-state index in [1.807, 2.05) is 43.0 Å². The van der Waals surface area contributed by atoms with Crippen molar-refractivity contribution >= 4 is 17.5 Å². The number of nitrogens with zero attached hydrogens (tertiary/aromatic N) is 4. The Labute approximate surface area is 181 Å². The lowest BCUT2D eigenvalue weighted by Gasteiger charge is -2.23. The Morgan fingerprint density at radius 1 is 1.23 bits per heavy atom. The lowest BCUT2D eigenvalue weighted by Crippen LogP contribution is -2.32. The highest BCUT2D eigenvalue weighted by Gasteiger charge is 2.32. The van der Waals surface area contributed by atoms with E-state index in [0.29, 0.717) is 36.6 Å². The fourth-order valence-corrected chi connectivity index (χ4v) is 3.96. The lowest BCUT2D eigenvalue weighted by molar-refractivity contribution is -0.132. The third kappa shape index (κ3) is 4.23. The molecule has 0 aliphatic heterocycles. The van der Waals surface area contributed by atoms with Gasteiger partial charge in [0.2, 0.25) is 5.91 Å². The molecule has 4 rings (SSSR count). The van der Waals surface area contributed by atoms with Crippen molar-refractivity contribution in [1.29, 1.82) is 0 Å². The van der Waals surface area contributed by atoms with Crippen molar-refractivity contribution in [1.82, 2.24) is 19.5 Å². The highest BCUT2D eigenvalue weighted by Crippen LogP contribution is 2.30. The van der Waals surface area contributed by atoms with Crippen LogP contribution in [0, 0.1) is 13.8 Å². The molecule has 31 heavy (non-hydrogen) atoms. The van der Waals surface area contributed by atoms with Gasteiger partial charge >= 0.3 is 0 Å². The minimum absolute atomic E-state index is 0.135. The van der Waals surface area contributed by atoms with E-state index in [2.05, 4.69) is 10.1 Å². The number of carbonyl (C=O) groups is 2. The van der Waals surface area contributed by atoms with E-state index >= 15 is 0 Å². The fourth-order valence-electron chi connectivity index (χ4n) is 3.96. The van der Waals surface area contributed by atoms with Crippen molar-refractivity contribution in [3.8, 4) is 5.75 Å². The van der Waals surface area contributed by atoms with Crippen LogP contribution >= 0.6 is 0 Å². The first-order chi connectivity index (χ1) is 14.9. The second-order valence-electron chi connectivity index (χ2n) is 8.02. The third-order valence-corrected chi connectivity index (χ3v) is 5.88. The Morgan fingerprint density at radius 2 is 1.94 bits per heavy atom. The summed E-state index contributed by atoms with van der Waals surface area (Å²) in [5, 5.41) is 4.26. The van der Waals surface area contributed by atoms with Gasteiger partial charge in [-0.05, 0) is 56.4 Å². The maximum absolute atomic E-state index is 13.1. The number of amides is 2. The van der Waals surface area contributed by atoms with Crippen LogP contribution in [0.1, 0.15) is 52.1 Å². The van der Waals surface area contributed by atoms with Crippen molar-refractivity contribution in [2.75, 3.05) is 7.11 Å². The molecule has 0 unspecified atom stereocenters. The van der Waals surface area contributed by atoms with Gasteiger partial charge in [0.15, 0.2) is 5.65 Å². The number of aromatic nitrogens is 3. The Kier molecular flexibility index (Phi) is 5.63. The SMILES string of the molecule is COc1ccc(CN(C(=O)CCc2c(C)nc3c(C(N)=O)cnn3c2C)C2CC2)cc1. The molecule has 8 nitrogen and oxygen atoms in total. The average molecular weight is 422 g/mol. The van der Waals surface area contributed by atoms with E-state index in [9.17, 15) is 9.59 Å². The molecular formula is C23H27N5O3. The zero-order valence-corrected chi connectivity index (χ0v) is 18.1. The minimum Gasteiger partial charge on any atom is -0.497 e. The number of hydrogen-bond donors (Lipinski definition) is 1. The molecule has 2 aromatic heterocycles. The first-order valence-corrected chi connectivity index (χ1v) is 10.4. The van der Waals surface area contributed by atoms with E-state index in [-0.39, 0.29) is 5.91 Å². The van der Waals surface area contributed by atoms with Crippen molar-refractivity contribution in [2.45, 2.75) is 52.1 Å². The summed E-state index contributed by atoms with van der Waals surface area (Å²) >= 11 is 0. The number of fused-ring (bicyclic) bond motifs is 1. The molecule has 0 bridgehead atoms. The predicted octanol–water partition coefficient (Wildman–Crippen LogP) is 2.58. The smallest absolute Gasteiger partial charge is 0.254 e. The van der Waals surface area contributed by atoms with Crippen LogP contribution in [-0.2, 0) is 17.8 Å². The van der Waals surface area contributed by atoms with E-state index in [4.69, 9.17) is 10.5 Å². The van der Waals surface area contributed by atoms with Crippen LogP contribution in [0.4, 0.5) is 0 Å². The molecule has 0 saturated heterocycles. The van der Waals surface area contributed by atoms with Crippen LogP contribution in [0.15, 0.2) is 30.5 Å². The lowest BCUT2D eigenvalue weighted by atomic mass is 10.1. The molecule has 0 atom stereocenters. The zero-order valence-electron chi connectivity index (χ0n) is 18.1. The minimum atomic E-state index is -0.553. The van der Waals surface area contributed by atoms with Gasteiger partial charge in [0.05, 0.1) is 13.3 Å². The van der Waals surface area contributed by atoms with Gasteiger partial charge in [0, 0.05) is 30.4 Å². The van der Waals surface area contributed by atoms with E-state index in [0.717, 1.165) is 41.1 Å². The van der Waals surface area contributed by atoms with Crippen LogP contribution < -0.4 is 10.5 Å². The molecule has 2 N–H and O–H groups in total. The first kappa shape index (κ1) is 20.8. The molecule has 2 amide bonds. The topological polar surface area (TPSA) is 103 Å². The van der Waals surface area contributed by atoms with Crippen molar-refractivity contribution < 1.29 is 14.3 Å². The van der Waals surface area contributed by atoms with Gasteiger partial charge < -0.3 is 15.4 Å². The second-order valence-corrected chi connectivity index (χ2v) is 8.02. The number of benzene rings is 1. The molecule has 162 valence electrons. The van der Waals surface area contributed by atoms with Crippen LogP contribution in [0.2, 0.25) is 0 Å². The van der Waals surface area contributed by atoms with Gasteiger partial charge in [-0.2, -0.15) is 5.10 Å². The summed E-state index contributed by atoms with van der Waals surface area (Å²) in [6.07, 6.45) is 4.51. The van der Waals surface area contributed by atoms with Crippen LogP contribution in [0.25, 0.3) is 5.65 Å². The third-order valence-electron chi connectivity index (χ3n) is 5.88. The van der Waals surface area contributed by atoms with Crippen LogP contribution in [-0.4, -0.2) is 44.5 Å². The number of nitrogens with two attached hydrogens (primary N) is 1. The highest BCUT2D eigenvalue weighted by molar-refractivity contribution is 5.98. The first-order valence-electron chi connectivity index (χ1n) is 10.4. The van der Waals surface area contributed by atoms with Crippen LogP contribution in [0.3, 0.4) is 0 Å².